The topological polar surface area (TPSA) is 33.1 Å². The molecule has 0 aliphatic heterocycles. The third kappa shape index (κ3) is 2.75. The van der Waals surface area contributed by atoms with Gasteiger partial charge < -0.3 is 5.11 Å². The van der Waals surface area contributed by atoms with Crippen LogP contribution >= 0.6 is 0 Å². The van der Waals surface area contributed by atoms with Gasteiger partial charge in [0.05, 0.1) is 6.10 Å². The maximum absolute atomic E-state index is 10.5. The summed E-state index contributed by atoms with van der Waals surface area (Å²) in [5, 5.41) is 10.5. The molecule has 2 nitrogen and oxygen atoms in total. The Morgan fingerprint density at radius 3 is 3.00 bits per heavy atom. The molecule has 3 rings (SSSR count). The molecule has 20 heavy (non-hydrogen) atoms. The number of aliphatic hydroxyl groups excluding tert-OH is 1. The quantitative estimate of drug-likeness (QED) is 0.914. The van der Waals surface area contributed by atoms with E-state index in [4.69, 9.17) is 0 Å². The van der Waals surface area contributed by atoms with Gasteiger partial charge in [-0.15, -0.1) is 0 Å². The fourth-order valence-electron chi connectivity index (χ4n) is 3.27. The highest BCUT2D eigenvalue weighted by atomic mass is 16.3. The van der Waals surface area contributed by atoms with Crippen molar-refractivity contribution in [2.24, 2.45) is 0 Å². The van der Waals surface area contributed by atoms with Gasteiger partial charge in [-0.3, -0.25) is 4.98 Å². The predicted octanol–water partition coefficient (Wildman–Crippen LogP) is 3.93. The number of nitrogens with zero attached hydrogens (tertiary/aromatic N) is 1. The minimum absolute atomic E-state index is 0.418. The van der Waals surface area contributed by atoms with E-state index in [0.29, 0.717) is 5.92 Å². The molecule has 0 spiro atoms. The molecular weight excluding hydrogens is 246 g/mol. The van der Waals surface area contributed by atoms with E-state index in [0.717, 1.165) is 17.5 Å². The molecule has 2 aromatic rings. The lowest BCUT2D eigenvalue weighted by Gasteiger charge is -2.27. The van der Waals surface area contributed by atoms with Gasteiger partial charge in [0.1, 0.15) is 0 Å². The average molecular weight is 267 g/mol. The summed E-state index contributed by atoms with van der Waals surface area (Å²) in [6.45, 7) is 2.01. The van der Waals surface area contributed by atoms with E-state index in [1.165, 1.54) is 30.4 Å². The molecule has 1 aliphatic rings. The van der Waals surface area contributed by atoms with Gasteiger partial charge in [-0.2, -0.15) is 0 Å². The standard InChI is InChI=1S/C18H21NO/c1-13-9-16(12-19-11-13)18(20)10-15-7-4-6-14-5-2-3-8-17(14)15/h2-3,5,8-9,11-12,15,18,20H,4,6-7,10H2,1H3. The maximum atomic E-state index is 10.5. The molecule has 0 bridgehead atoms. The Morgan fingerprint density at radius 2 is 2.15 bits per heavy atom. The van der Waals surface area contributed by atoms with Crippen molar-refractivity contribution < 1.29 is 5.11 Å². The van der Waals surface area contributed by atoms with Gasteiger partial charge in [-0.25, -0.2) is 0 Å². The molecule has 0 saturated carbocycles. The Hall–Kier alpha value is -1.67. The molecule has 1 aromatic carbocycles. The van der Waals surface area contributed by atoms with Crippen LogP contribution in [0.1, 0.15) is 53.5 Å². The van der Waals surface area contributed by atoms with E-state index in [2.05, 4.69) is 29.2 Å². The number of fused-ring (bicyclic) bond motifs is 1. The van der Waals surface area contributed by atoms with E-state index >= 15 is 0 Å². The first-order chi connectivity index (χ1) is 9.74. The molecule has 2 heteroatoms. The number of hydrogen-bond acceptors (Lipinski definition) is 2. The van der Waals surface area contributed by atoms with Gasteiger partial charge in [0.2, 0.25) is 0 Å². The van der Waals surface area contributed by atoms with Crippen molar-refractivity contribution in [3.8, 4) is 0 Å². The second kappa shape index (κ2) is 5.76. The first-order valence-corrected chi connectivity index (χ1v) is 7.41. The first-order valence-electron chi connectivity index (χ1n) is 7.41. The number of aliphatic hydroxyl groups is 1. The zero-order valence-electron chi connectivity index (χ0n) is 11.9. The Kier molecular flexibility index (Phi) is 3.83. The van der Waals surface area contributed by atoms with Crippen molar-refractivity contribution in [1.82, 2.24) is 4.98 Å². The van der Waals surface area contributed by atoms with Crippen LogP contribution in [0.15, 0.2) is 42.7 Å². The molecule has 0 saturated heterocycles. The number of aromatic nitrogens is 1. The van der Waals surface area contributed by atoms with E-state index in [1.54, 1.807) is 6.20 Å². The average Bonchev–Trinajstić information content (AvgIpc) is 2.47. The Labute approximate surface area is 120 Å². The van der Waals surface area contributed by atoms with Crippen LogP contribution in [0.4, 0.5) is 0 Å². The predicted molar refractivity (Wildman–Crippen MR) is 80.7 cm³/mol. The zero-order valence-corrected chi connectivity index (χ0v) is 11.9. The maximum Gasteiger partial charge on any atom is 0.0810 e. The monoisotopic (exact) mass is 267 g/mol. The fourth-order valence-corrected chi connectivity index (χ4v) is 3.27. The van der Waals surface area contributed by atoms with Crippen molar-refractivity contribution in [2.45, 2.75) is 44.6 Å². The largest absolute Gasteiger partial charge is 0.388 e. The van der Waals surface area contributed by atoms with E-state index in [9.17, 15) is 5.11 Å². The molecule has 0 fully saturated rings. The fraction of sp³-hybridized carbons (Fsp3) is 0.389. The highest BCUT2D eigenvalue weighted by Gasteiger charge is 2.23. The summed E-state index contributed by atoms with van der Waals surface area (Å²) in [6, 6.07) is 10.7. The third-order valence-corrected chi connectivity index (χ3v) is 4.28. The molecule has 1 N–H and O–H groups in total. The molecule has 1 aliphatic carbocycles. The lowest BCUT2D eigenvalue weighted by Crippen LogP contribution is -2.13. The molecular formula is C18H21NO. The SMILES string of the molecule is Cc1cncc(C(O)CC2CCCc3ccccc32)c1. The minimum atomic E-state index is -0.418. The molecule has 0 radical (unpaired) electrons. The lowest BCUT2D eigenvalue weighted by molar-refractivity contribution is 0.153. The third-order valence-electron chi connectivity index (χ3n) is 4.28. The van der Waals surface area contributed by atoms with Gasteiger partial charge in [-0.05, 0) is 60.8 Å². The van der Waals surface area contributed by atoms with Crippen LogP contribution in [-0.2, 0) is 6.42 Å². The smallest absolute Gasteiger partial charge is 0.0810 e. The van der Waals surface area contributed by atoms with Crippen molar-refractivity contribution in [1.29, 1.82) is 0 Å². The van der Waals surface area contributed by atoms with Crippen LogP contribution < -0.4 is 0 Å². The minimum Gasteiger partial charge on any atom is -0.388 e. The Bertz CT molecular complexity index is 593. The molecule has 2 unspecified atom stereocenters. The number of rotatable bonds is 3. The van der Waals surface area contributed by atoms with Crippen molar-refractivity contribution >= 4 is 0 Å². The highest BCUT2D eigenvalue weighted by Crippen LogP contribution is 2.37. The molecule has 2 atom stereocenters. The first kappa shape index (κ1) is 13.3. The highest BCUT2D eigenvalue weighted by molar-refractivity contribution is 5.33. The van der Waals surface area contributed by atoms with Gasteiger partial charge in [0.15, 0.2) is 0 Å². The molecule has 1 heterocycles. The van der Waals surface area contributed by atoms with Crippen LogP contribution in [0.5, 0.6) is 0 Å². The van der Waals surface area contributed by atoms with Crippen LogP contribution in [-0.4, -0.2) is 10.1 Å². The van der Waals surface area contributed by atoms with E-state index in [1.807, 2.05) is 19.2 Å². The van der Waals surface area contributed by atoms with Gasteiger partial charge in [0.25, 0.3) is 0 Å². The molecule has 1 aromatic heterocycles. The van der Waals surface area contributed by atoms with Crippen LogP contribution in [0, 0.1) is 6.92 Å². The zero-order chi connectivity index (χ0) is 13.9. The second-order valence-electron chi connectivity index (χ2n) is 5.84. The summed E-state index contributed by atoms with van der Waals surface area (Å²) in [7, 11) is 0. The van der Waals surface area contributed by atoms with Gasteiger partial charge in [-0.1, -0.05) is 30.3 Å². The van der Waals surface area contributed by atoms with Crippen molar-refractivity contribution in [3.05, 3.63) is 65.0 Å². The number of hydrogen-bond donors (Lipinski definition) is 1. The Morgan fingerprint density at radius 1 is 1.30 bits per heavy atom. The number of benzene rings is 1. The molecule has 0 amide bonds. The Balaban J connectivity index is 1.79. The molecule has 104 valence electrons. The van der Waals surface area contributed by atoms with Crippen LogP contribution in [0.25, 0.3) is 0 Å². The van der Waals surface area contributed by atoms with Crippen LogP contribution in [0.3, 0.4) is 0 Å². The summed E-state index contributed by atoms with van der Waals surface area (Å²) in [6.07, 6.45) is 7.56. The second-order valence-corrected chi connectivity index (χ2v) is 5.84. The summed E-state index contributed by atoms with van der Waals surface area (Å²) in [5.41, 5.74) is 4.93. The summed E-state index contributed by atoms with van der Waals surface area (Å²) < 4.78 is 0. The number of pyridine rings is 1. The van der Waals surface area contributed by atoms with Crippen molar-refractivity contribution in [3.63, 3.8) is 0 Å². The lowest BCUT2D eigenvalue weighted by atomic mass is 9.79. The van der Waals surface area contributed by atoms with Crippen LogP contribution in [0.2, 0.25) is 0 Å². The van der Waals surface area contributed by atoms with Crippen molar-refractivity contribution in [2.75, 3.05) is 0 Å². The number of aryl methyl sites for hydroxylation is 2. The summed E-state index contributed by atoms with van der Waals surface area (Å²) >= 11 is 0. The normalized spacial score (nSPS) is 19.4. The van der Waals surface area contributed by atoms with Gasteiger partial charge in [0, 0.05) is 12.4 Å². The summed E-state index contributed by atoms with van der Waals surface area (Å²) in [5.74, 6) is 0.468. The van der Waals surface area contributed by atoms with Gasteiger partial charge >= 0.3 is 0 Å². The summed E-state index contributed by atoms with van der Waals surface area (Å²) in [4.78, 5) is 4.18. The van der Waals surface area contributed by atoms with E-state index < -0.39 is 6.10 Å². The van der Waals surface area contributed by atoms with E-state index in [-0.39, 0.29) is 0 Å².